The highest BCUT2D eigenvalue weighted by atomic mass is 32.2. The number of anilines is 1. The molecule has 0 heterocycles. The van der Waals surface area contributed by atoms with Gasteiger partial charge in [0.15, 0.2) is 0 Å². The van der Waals surface area contributed by atoms with E-state index in [0.717, 1.165) is 47.8 Å². The van der Waals surface area contributed by atoms with E-state index >= 15 is 0 Å². The van der Waals surface area contributed by atoms with Crippen molar-refractivity contribution in [3.8, 4) is 0 Å². The molecule has 0 unspecified atom stereocenters. The van der Waals surface area contributed by atoms with Crippen molar-refractivity contribution in [2.45, 2.75) is 19.0 Å². The van der Waals surface area contributed by atoms with Crippen LogP contribution < -0.4 is 9.62 Å². The maximum atomic E-state index is 12.6. The Bertz CT molecular complexity index is 689. The van der Waals surface area contributed by atoms with E-state index in [1.807, 2.05) is 19.0 Å². The molecule has 0 radical (unpaired) electrons. The fourth-order valence-electron chi connectivity index (χ4n) is 2.22. The van der Waals surface area contributed by atoms with Crippen LogP contribution in [0.4, 0.5) is 18.9 Å². The summed E-state index contributed by atoms with van der Waals surface area (Å²) in [7, 11) is 0.0922. The summed E-state index contributed by atoms with van der Waals surface area (Å²) < 4.78 is 62.6. The van der Waals surface area contributed by atoms with Gasteiger partial charge in [-0.2, -0.15) is 13.2 Å². The first-order valence-corrected chi connectivity index (χ1v) is 9.82. The molecule has 1 rings (SSSR count). The van der Waals surface area contributed by atoms with E-state index in [1.54, 1.807) is 0 Å². The number of benzene rings is 1. The minimum Gasteiger partial charge on any atom is -0.356 e. The quantitative estimate of drug-likeness (QED) is 0.649. The van der Waals surface area contributed by atoms with Gasteiger partial charge in [-0.25, -0.2) is 8.42 Å². The monoisotopic (exact) mass is 395 g/mol. The molecule has 0 atom stereocenters. The Kier molecular flexibility index (Phi) is 7.88. The molecule has 0 saturated carbocycles. The number of nitrogens with zero attached hydrogens (tertiary/aromatic N) is 2. The van der Waals surface area contributed by atoms with Gasteiger partial charge >= 0.3 is 6.18 Å². The maximum absolute atomic E-state index is 12.6. The molecule has 148 valence electrons. The van der Waals surface area contributed by atoms with Crippen molar-refractivity contribution in [1.29, 1.82) is 0 Å². The van der Waals surface area contributed by atoms with Gasteiger partial charge < -0.3 is 10.2 Å². The molecule has 1 N–H and O–H groups in total. The molecule has 0 aromatic heterocycles. The standard InChI is InChI=1S/C16H24F3N3O3S/c1-21(2)11-4-10-20-15(23)9-12-22(26(3,24)25)14-7-5-13(6-8-14)16(17,18)19/h5-8H,4,9-12H2,1-3H3,(H,20,23). The van der Waals surface area contributed by atoms with Crippen molar-refractivity contribution < 1.29 is 26.4 Å². The van der Waals surface area contributed by atoms with Crippen LogP contribution >= 0.6 is 0 Å². The molecule has 10 heteroatoms. The number of alkyl halides is 3. The van der Waals surface area contributed by atoms with Crippen LogP contribution in [0.1, 0.15) is 18.4 Å². The zero-order valence-electron chi connectivity index (χ0n) is 15.0. The van der Waals surface area contributed by atoms with Crippen LogP contribution in [0.15, 0.2) is 24.3 Å². The van der Waals surface area contributed by atoms with Crippen molar-refractivity contribution in [3.63, 3.8) is 0 Å². The van der Waals surface area contributed by atoms with Crippen molar-refractivity contribution in [3.05, 3.63) is 29.8 Å². The topological polar surface area (TPSA) is 69.7 Å². The Morgan fingerprint density at radius 2 is 1.69 bits per heavy atom. The lowest BCUT2D eigenvalue weighted by molar-refractivity contribution is -0.137. The van der Waals surface area contributed by atoms with Gasteiger partial charge in [0.25, 0.3) is 0 Å². The summed E-state index contributed by atoms with van der Waals surface area (Å²) in [5.74, 6) is -0.315. The molecular formula is C16H24F3N3O3S. The highest BCUT2D eigenvalue weighted by molar-refractivity contribution is 7.92. The first-order valence-electron chi connectivity index (χ1n) is 7.97. The van der Waals surface area contributed by atoms with Crippen LogP contribution in [0.2, 0.25) is 0 Å². The van der Waals surface area contributed by atoms with Crippen LogP contribution in [0, 0.1) is 0 Å². The second-order valence-corrected chi connectivity index (χ2v) is 8.04. The molecule has 0 bridgehead atoms. The minimum absolute atomic E-state index is 0.0842. The largest absolute Gasteiger partial charge is 0.416 e. The lowest BCUT2D eigenvalue weighted by atomic mass is 10.2. The fourth-order valence-corrected chi connectivity index (χ4v) is 3.15. The minimum atomic E-state index is -4.50. The van der Waals surface area contributed by atoms with Crippen molar-refractivity contribution >= 4 is 21.6 Å². The van der Waals surface area contributed by atoms with E-state index in [2.05, 4.69) is 5.32 Å². The van der Waals surface area contributed by atoms with E-state index in [9.17, 15) is 26.4 Å². The normalized spacial score (nSPS) is 12.3. The maximum Gasteiger partial charge on any atom is 0.416 e. The van der Waals surface area contributed by atoms with Crippen LogP contribution in [0.3, 0.4) is 0 Å². The Hall–Kier alpha value is -1.81. The van der Waals surface area contributed by atoms with E-state index in [1.165, 1.54) is 0 Å². The molecule has 0 aliphatic heterocycles. The number of hydrogen-bond acceptors (Lipinski definition) is 4. The summed E-state index contributed by atoms with van der Waals surface area (Å²) in [6, 6.07) is 3.79. The number of sulfonamides is 1. The first kappa shape index (κ1) is 22.2. The SMILES string of the molecule is CN(C)CCCNC(=O)CCN(c1ccc(C(F)(F)F)cc1)S(C)(=O)=O. The lowest BCUT2D eigenvalue weighted by Crippen LogP contribution is -2.35. The van der Waals surface area contributed by atoms with Crippen LogP contribution in [-0.2, 0) is 21.0 Å². The number of carbonyl (C=O) groups is 1. The van der Waals surface area contributed by atoms with Gasteiger partial charge in [0.2, 0.25) is 15.9 Å². The second kappa shape index (κ2) is 9.22. The second-order valence-electron chi connectivity index (χ2n) is 6.14. The lowest BCUT2D eigenvalue weighted by Gasteiger charge is -2.22. The summed E-state index contributed by atoms with van der Waals surface area (Å²) in [6.07, 6.45) is -2.88. The summed E-state index contributed by atoms with van der Waals surface area (Å²) in [5.41, 5.74) is -0.783. The van der Waals surface area contributed by atoms with E-state index < -0.39 is 21.8 Å². The first-order chi connectivity index (χ1) is 11.9. The molecule has 1 aromatic rings. The smallest absolute Gasteiger partial charge is 0.356 e. The predicted molar refractivity (Wildman–Crippen MR) is 94.4 cm³/mol. The van der Waals surface area contributed by atoms with Crippen LogP contribution in [-0.4, -0.2) is 59.2 Å². The molecule has 0 spiro atoms. The average Bonchev–Trinajstić information content (AvgIpc) is 2.50. The molecule has 0 saturated heterocycles. The molecule has 0 aliphatic rings. The van der Waals surface area contributed by atoms with Crippen molar-refractivity contribution in [2.75, 3.05) is 44.3 Å². The number of carbonyl (C=O) groups excluding carboxylic acids is 1. The summed E-state index contributed by atoms with van der Waals surface area (Å²) in [5, 5.41) is 2.69. The van der Waals surface area contributed by atoms with Crippen molar-refractivity contribution in [1.82, 2.24) is 10.2 Å². The Morgan fingerprint density at radius 3 is 2.15 bits per heavy atom. The summed E-state index contributed by atoms with van der Waals surface area (Å²) in [4.78, 5) is 13.8. The number of amides is 1. The van der Waals surface area contributed by atoms with Crippen molar-refractivity contribution in [2.24, 2.45) is 0 Å². The van der Waals surface area contributed by atoms with E-state index in [0.29, 0.717) is 6.54 Å². The van der Waals surface area contributed by atoms with E-state index in [-0.39, 0.29) is 24.6 Å². The number of hydrogen-bond donors (Lipinski definition) is 1. The zero-order valence-corrected chi connectivity index (χ0v) is 15.8. The molecule has 1 aromatic carbocycles. The summed E-state index contributed by atoms with van der Waals surface area (Å²) >= 11 is 0. The third-order valence-electron chi connectivity index (χ3n) is 3.53. The van der Waals surface area contributed by atoms with Gasteiger partial charge in [-0.05, 0) is 51.3 Å². The number of halogens is 3. The molecule has 0 aliphatic carbocycles. The number of rotatable bonds is 9. The molecule has 0 fully saturated rings. The fraction of sp³-hybridized carbons (Fsp3) is 0.562. The van der Waals surface area contributed by atoms with Gasteiger partial charge in [-0.1, -0.05) is 0 Å². The Morgan fingerprint density at radius 1 is 1.12 bits per heavy atom. The van der Waals surface area contributed by atoms with Crippen LogP contribution in [0.25, 0.3) is 0 Å². The number of nitrogens with one attached hydrogen (secondary N) is 1. The van der Waals surface area contributed by atoms with Crippen LogP contribution in [0.5, 0.6) is 0 Å². The van der Waals surface area contributed by atoms with Gasteiger partial charge in [-0.3, -0.25) is 9.10 Å². The molecule has 1 amide bonds. The third-order valence-corrected chi connectivity index (χ3v) is 4.72. The molecular weight excluding hydrogens is 371 g/mol. The highest BCUT2D eigenvalue weighted by Crippen LogP contribution is 2.31. The molecule has 6 nitrogen and oxygen atoms in total. The van der Waals surface area contributed by atoms with Gasteiger partial charge in [0, 0.05) is 19.5 Å². The summed E-state index contributed by atoms with van der Waals surface area (Å²) in [6.45, 7) is 1.13. The Balaban J connectivity index is 2.70. The molecule has 26 heavy (non-hydrogen) atoms. The zero-order chi connectivity index (χ0) is 20.0. The van der Waals surface area contributed by atoms with Gasteiger partial charge in [-0.15, -0.1) is 0 Å². The highest BCUT2D eigenvalue weighted by Gasteiger charge is 2.30. The predicted octanol–water partition coefficient (Wildman–Crippen LogP) is 1.93. The van der Waals surface area contributed by atoms with Gasteiger partial charge in [0.05, 0.1) is 17.5 Å². The average molecular weight is 395 g/mol. The van der Waals surface area contributed by atoms with Gasteiger partial charge in [0.1, 0.15) is 0 Å². The van der Waals surface area contributed by atoms with E-state index in [4.69, 9.17) is 0 Å². The Labute approximate surface area is 152 Å². The third kappa shape index (κ3) is 7.61.